The highest BCUT2D eigenvalue weighted by Crippen LogP contribution is 2.05. The average Bonchev–Trinajstić information content (AvgIpc) is 1.86. The second-order valence-electron chi connectivity index (χ2n) is 3.11. The molecule has 0 N–H and O–H groups in total. The highest BCUT2D eigenvalue weighted by molar-refractivity contribution is 7.85. The third-order valence-corrected chi connectivity index (χ3v) is 3.38. The quantitative estimate of drug-likeness (QED) is 0.649. The molecule has 11 heavy (non-hydrogen) atoms. The fraction of sp³-hybridized carbons (Fsp3) is 0.875. The monoisotopic (exact) mass is 173 g/mol. The van der Waals surface area contributed by atoms with Crippen LogP contribution in [0.4, 0.5) is 0 Å². The zero-order valence-electron chi connectivity index (χ0n) is 7.33. The first kappa shape index (κ1) is 10.6. The summed E-state index contributed by atoms with van der Waals surface area (Å²) in [5, 5.41) is 8.37. The van der Waals surface area contributed by atoms with Crippen LogP contribution in [0.1, 0.15) is 27.2 Å². The number of hydrogen-bond donors (Lipinski definition) is 0. The van der Waals surface area contributed by atoms with Crippen LogP contribution in [0.15, 0.2) is 0 Å². The van der Waals surface area contributed by atoms with Gasteiger partial charge in [-0.3, -0.25) is 4.21 Å². The minimum atomic E-state index is -0.817. The van der Waals surface area contributed by atoms with Crippen LogP contribution in [0, 0.1) is 17.2 Å². The first-order valence-electron chi connectivity index (χ1n) is 3.82. The van der Waals surface area contributed by atoms with Gasteiger partial charge in [-0.25, -0.2) is 0 Å². The molecule has 2 unspecified atom stereocenters. The van der Waals surface area contributed by atoms with Crippen molar-refractivity contribution in [1.82, 2.24) is 0 Å². The van der Waals surface area contributed by atoms with Crippen LogP contribution in [0.3, 0.4) is 0 Å². The molecule has 0 aromatic carbocycles. The molecule has 0 heterocycles. The van der Waals surface area contributed by atoms with E-state index in [4.69, 9.17) is 5.26 Å². The summed E-state index contributed by atoms with van der Waals surface area (Å²) in [5.41, 5.74) is 0. The van der Waals surface area contributed by atoms with Crippen molar-refractivity contribution in [2.45, 2.75) is 32.4 Å². The van der Waals surface area contributed by atoms with Gasteiger partial charge in [0.25, 0.3) is 0 Å². The lowest BCUT2D eigenvalue weighted by molar-refractivity contribution is 0.655. The molecular weight excluding hydrogens is 158 g/mol. The minimum Gasteiger partial charge on any atom is -0.259 e. The first-order chi connectivity index (χ1) is 5.07. The molecule has 2 atom stereocenters. The van der Waals surface area contributed by atoms with Crippen LogP contribution < -0.4 is 0 Å². The maximum atomic E-state index is 11.3. The van der Waals surface area contributed by atoms with E-state index in [-0.39, 0.29) is 5.25 Å². The van der Waals surface area contributed by atoms with Gasteiger partial charge in [-0.1, -0.05) is 13.8 Å². The van der Waals surface area contributed by atoms with Gasteiger partial charge in [0, 0.05) is 28.2 Å². The predicted octanol–water partition coefficient (Wildman–Crippen LogP) is 1.69. The summed E-state index contributed by atoms with van der Waals surface area (Å²) in [6.07, 6.45) is 0.402. The minimum absolute atomic E-state index is 0.0300. The molecule has 0 amide bonds. The van der Waals surface area contributed by atoms with Crippen molar-refractivity contribution in [2.75, 3.05) is 5.75 Å². The van der Waals surface area contributed by atoms with E-state index in [0.29, 0.717) is 18.1 Å². The molecule has 0 rings (SSSR count). The van der Waals surface area contributed by atoms with Gasteiger partial charge in [0.1, 0.15) is 0 Å². The fourth-order valence-electron chi connectivity index (χ4n) is 0.714. The Balaban J connectivity index is 3.75. The Hall–Kier alpha value is -0.360. The molecule has 64 valence electrons. The predicted molar refractivity (Wildman–Crippen MR) is 47.5 cm³/mol. The van der Waals surface area contributed by atoms with Gasteiger partial charge < -0.3 is 0 Å². The fourth-order valence-corrected chi connectivity index (χ4v) is 1.96. The van der Waals surface area contributed by atoms with Crippen LogP contribution in [0.2, 0.25) is 0 Å². The van der Waals surface area contributed by atoms with Crippen molar-refractivity contribution in [1.29, 1.82) is 5.26 Å². The van der Waals surface area contributed by atoms with E-state index in [2.05, 4.69) is 0 Å². The Morgan fingerprint density at radius 3 is 2.36 bits per heavy atom. The SMILES string of the molecule is CC(C)CS(=O)C(C)CC#N. The zero-order valence-corrected chi connectivity index (χ0v) is 8.15. The first-order valence-corrected chi connectivity index (χ1v) is 5.20. The van der Waals surface area contributed by atoms with Crippen molar-refractivity contribution in [3.05, 3.63) is 0 Å². The van der Waals surface area contributed by atoms with E-state index in [1.165, 1.54) is 0 Å². The molecule has 0 bridgehead atoms. The Kier molecular flexibility index (Phi) is 5.14. The second-order valence-corrected chi connectivity index (χ2v) is 5.01. The second kappa shape index (κ2) is 5.31. The van der Waals surface area contributed by atoms with E-state index >= 15 is 0 Å². The Labute approximate surface area is 71.1 Å². The standard InChI is InChI=1S/C8H15NOS/c1-7(2)6-11(10)8(3)4-5-9/h7-8H,4,6H2,1-3H3. The average molecular weight is 173 g/mol. The summed E-state index contributed by atoms with van der Waals surface area (Å²) in [6, 6.07) is 2.03. The van der Waals surface area contributed by atoms with Crippen LogP contribution in [0.25, 0.3) is 0 Å². The van der Waals surface area contributed by atoms with Crippen LogP contribution >= 0.6 is 0 Å². The lowest BCUT2D eigenvalue weighted by atomic mass is 10.3. The summed E-state index contributed by atoms with van der Waals surface area (Å²) >= 11 is 0. The topological polar surface area (TPSA) is 40.9 Å². The van der Waals surface area contributed by atoms with Crippen molar-refractivity contribution in [3.63, 3.8) is 0 Å². The van der Waals surface area contributed by atoms with Crippen molar-refractivity contribution in [3.8, 4) is 6.07 Å². The summed E-state index contributed by atoms with van der Waals surface area (Å²) in [4.78, 5) is 0. The molecule has 0 fully saturated rings. The molecule has 0 spiro atoms. The van der Waals surface area contributed by atoms with Crippen molar-refractivity contribution >= 4 is 10.8 Å². The highest BCUT2D eigenvalue weighted by atomic mass is 32.2. The number of nitriles is 1. The van der Waals surface area contributed by atoms with Crippen LogP contribution in [-0.2, 0) is 10.8 Å². The Bertz CT molecular complexity index is 171. The van der Waals surface area contributed by atoms with Crippen molar-refractivity contribution < 1.29 is 4.21 Å². The smallest absolute Gasteiger partial charge is 0.0634 e. The van der Waals surface area contributed by atoms with Crippen LogP contribution in [0.5, 0.6) is 0 Å². The summed E-state index contributed by atoms with van der Waals surface area (Å²) < 4.78 is 11.3. The molecule has 0 aliphatic rings. The van der Waals surface area contributed by atoms with Gasteiger partial charge in [0.2, 0.25) is 0 Å². The van der Waals surface area contributed by atoms with Gasteiger partial charge in [-0.15, -0.1) is 0 Å². The van der Waals surface area contributed by atoms with Crippen LogP contribution in [-0.4, -0.2) is 15.2 Å². The Morgan fingerprint density at radius 2 is 2.00 bits per heavy atom. The van der Waals surface area contributed by atoms with Gasteiger partial charge in [0.05, 0.1) is 6.07 Å². The van der Waals surface area contributed by atoms with Gasteiger partial charge >= 0.3 is 0 Å². The molecular formula is C8H15NOS. The number of hydrogen-bond acceptors (Lipinski definition) is 2. The molecule has 0 aliphatic heterocycles. The third kappa shape index (κ3) is 4.97. The van der Waals surface area contributed by atoms with Gasteiger partial charge in [-0.05, 0) is 12.8 Å². The van der Waals surface area contributed by atoms with E-state index in [9.17, 15) is 4.21 Å². The lowest BCUT2D eigenvalue weighted by Gasteiger charge is -2.08. The highest BCUT2D eigenvalue weighted by Gasteiger charge is 2.11. The lowest BCUT2D eigenvalue weighted by Crippen LogP contribution is -2.16. The zero-order chi connectivity index (χ0) is 8.85. The maximum absolute atomic E-state index is 11.3. The van der Waals surface area contributed by atoms with E-state index in [1.807, 2.05) is 26.8 Å². The van der Waals surface area contributed by atoms with Crippen molar-refractivity contribution in [2.24, 2.45) is 5.92 Å². The molecule has 0 saturated heterocycles. The largest absolute Gasteiger partial charge is 0.259 e. The van der Waals surface area contributed by atoms with E-state index in [1.54, 1.807) is 0 Å². The number of rotatable bonds is 4. The third-order valence-electron chi connectivity index (χ3n) is 1.33. The summed E-state index contributed by atoms with van der Waals surface area (Å²) in [5.74, 6) is 1.17. The van der Waals surface area contributed by atoms with Gasteiger partial charge in [-0.2, -0.15) is 5.26 Å². The molecule has 0 radical (unpaired) electrons. The molecule has 3 heteroatoms. The molecule has 0 aromatic heterocycles. The number of nitrogens with zero attached hydrogens (tertiary/aromatic N) is 1. The Morgan fingerprint density at radius 1 is 1.45 bits per heavy atom. The molecule has 0 saturated carbocycles. The normalized spacial score (nSPS) is 15.9. The summed E-state index contributed by atoms with van der Waals surface area (Å²) in [6.45, 7) is 5.94. The molecule has 0 aliphatic carbocycles. The molecule has 0 aromatic rings. The van der Waals surface area contributed by atoms with E-state index in [0.717, 1.165) is 0 Å². The summed E-state index contributed by atoms with van der Waals surface area (Å²) in [7, 11) is -0.817. The van der Waals surface area contributed by atoms with E-state index < -0.39 is 10.8 Å². The van der Waals surface area contributed by atoms with Gasteiger partial charge in [0.15, 0.2) is 0 Å². The molecule has 2 nitrogen and oxygen atoms in total. The maximum Gasteiger partial charge on any atom is 0.0634 e.